The van der Waals surface area contributed by atoms with Crippen molar-refractivity contribution in [2.24, 2.45) is 0 Å². The molecule has 2 nitrogen and oxygen atoms in total. The van der Waals surface area contributed by atoms with Crippen LogP contribution in [0.3, 0.4) is 0 Å². The van der Waals surface area contributed by atoms with Gasteiger partial charge in [-0.25, -0.2) is 0 Å². The molecule has 0 unspecified atom stereocenters. The summed E-state index contributed by atoms with van der Waals surface area (Å²) in [5, 5.41) is 5.58. The van der Waals surface area contributed by atoms with Gasteiger partial charge in [-0.15, -0.1) is 22.7 Å². The lowest BCUT2D eigenvalue weighted by molar-refractivity contribution is 1.29. The number of halogens is 1. The number of nitrogens with zero attached hydrogens (tertiary/aromatic N) is 2. The molecule has 0 aliphatic carbocycles. The van der Waals surface area contributed by atoms with E-state index in [2.05, 4.69) is 174 Å². The summed E-state index contributed by atoms with van der Waals surface area (Å²) in [5.74, 6) is 0. The van der Waals surface area contributed by atoms with Crippen molar-refractivity contribution in [2.45, 2.75) is 0 Å². The Morgan fingerprint density at radius 1 is 0.340 bits per heavy atom. The fraction of sp³-hybridized carbons (Fsp3) is 0. The number of anilines is 6. The van der Waals surface area contributed by atoms with Crippen LogP contribution >= 0.6 is 34.3 Å². The number of hydrogen-bond donors (Lipinski definition) is 0. The maximum atomic E-state index is 7.08. The second-order valence-corrected chi connectivity index (χ2v) is 14.1. The molecule has 47 heavy (non-hydrogen) atoms. The van der Waals surface area contributed by atoms with Crippen LogP contribution in [0.1, 0.15) is 0 Å². The number of fused-ring (bicyclic) bond motifs is 6. The molecule has 0 saturated heterocycles. The Kier molecular flexibility index (Phi) is 6.93. The smallest absolute Gasteiger partial charge is 0.0519 e. The standard InChI is InChI=1S/C42H27ClN2S2/c43-37-26-33(27-41-42(37)34-18-10-11-19-38(34)47-41)45(30-16-8-3-9-17-30)32-21-23-40-36(25-32)35-24-31(20-22-39(35)46-40)44(28-12-4-1-5-13-28)29-14-6-2-7-15-29/h1-27H. The van der Waals surface area contributed by atoms with E-state index in [0.717, 1.165) is 44.5 Å². The Labute approximate surface area is 285 Å². The topological polar surface area (TPSA) is 6.48 Å². The normalized spacial score (nSPS) is 11.5. The summed E-state index contributed by atoms with van der Waals surface area (Å²) in [6.45, 7) is 0. The predicted molar refractivity (Wildman–Crippen MR) is 207 cm³/mol. The molecule has 0 aliphatic rings. The third kappa shape index (κ3) is 4.93. The number of para-hydroxylation sites is 3. The Hall–Kier alpha value is -5.13. The van der Waals surface area contributed by atoms with Gasteiger partial charge in [-0.2, -0.15) is 0 Å². The summed E-state index contributed by atoms with van der Waals surface area (Å²) in [6.07, 6.45) is 0. The van der Waals surface area contributed by atoms with Gasteiger partial charge in [0.1, 0.15) is 0 Å². The third-order valence-electron chi connectivity index (χ3n) is 8.67. The second-order valence-electron chi connectivity index (χ2n) is 11.5. The molecule has 224 valence electrons. The van der Waals surface area contributed by atoms with Gasteiger partial charge in [0, 0.05) is 74.5 Å². The molecule has 0 radical (unpaired) electrons. The van der Waals surface area contributed by atoms with Crippen LogP contribution in [0.2, 0.25) is 5.02 Å². The third-order valence-corrected chi connectivity index (χ3v) is 11.2. The van der Waals surface area contributed by atoms with E-state index < -0.39 is 0 Å². The van der Waals surface area contributed by atoms with E-state index in [-0.39, 0.29) is 0 Å². The largest absolute Gasteiger partial charge is 0.310 e. The van der Waals surface area contributed by atoms with E-state index >= 15 is 0 Å². The summed E-state index contributed by atoms with van der Waals surface area (Å²) in [6, 6.07) is 58.3. The summed E-state index contributed by atoms with van der Waals surface area (Å²) in [4.78, 5) is 4.65. The predicted octanol–water partition coefficient (Wildman–Crippen LogP) is 14.0. The van der Waals surface area contributed by atoms with E-state index in [1.165, 1.54) is 35.0 Å². The average molecular weight is 659 g/mol. The van der Waals surface area contributed by atoms with Crippen LogP contribution in [0.5, 0.6) is 0 Å². The lowest BCUT2D eigenvalue weighted by atomic mass is 10.1. The highest BCUT2D eigenvalue weighted by molar-refractivity contribution is 7.26. The molecule has 2 aromatic heterocycles. The van der Waals surface area contributed by atoms with Crippen molar-refractivity contribution in [3.8, 4) is 0 Å². The fourth-order valence-electron chi connectivity index (χ4n) is 6.58. The first-order chi connectivity index (χ1) is 23.2. The van der Waals surface area contributed by atoms with Crippen LogP contribution in [0.15, 0.2) is 164 Å². The quantitative estimate of drug-likeness (QED) is 0.175. The SMILES string of the molecule is Clc1cc(N(c2ccccc2)c2ccc3sc4ccc(N(c5ccccc5)c5ccccc5)cc4c3c2)cc2sc3ccccc3c12. The maximum Gasteiger partial charge on any atom is 0.0519 e. The molecule has 0 fully saturated rings. The Morgan fingerprint density at radius 2 is 0.787 bits per heavy atom. The second kappa shape index (κ2) is 11.6. The van der Waals surface area contributed by atoms with Gasteiger partial charge in [-0.1, -0.05) is 84.4 Å². The highest BCUT2D eigenvalue weighted by Gasteiger charge is 2.19. The molecule has 5 heteroatoms. The lowest BCUT2D eigenvalue weighted by Gasteiger charge is -2.26. The Bertz CT molecular complexity index is 2500. The van der Waals surface area contributed by atoms with Gasteiger partial charge in [0.15, 0.2) is 0 Å². The van der Waals surface area contributed by atoms with Gasteiger partial charge in [-0.3, -0.25) is 0 Å². The highest BCUT2D eigenvalue weighted by atomic mass is 35.5. The average Bonchev–Trinajstić information content (AvgIpc) is 3.68. The molecule has 9 rings (SSSR count). The summed E-state index contributed by atoms with van der Waals surface area (Å²) < 4.78 is 4.96. The molecule has 0 spiro atoms. The van der Waals surface area contributed by atoms with E-state index in [4.69, 9.17) is 11.6 Å². The van der Waals surface area contributed by atoms with Crippen molar-refractivity contribution in [1.82, 2.24) is 0 Å². The highest BCUT2D eigenvalue weighted by Crippen LogP contribution is 2.46. The van der Waals surface area contributed by atoms with Gasteiger partial charge < -0.3 is 9.80 Å². The van der Waals surface area contributed by atoms with Gasteiger partial charge in [0.2, 0.25) is 0 Å². The molecule has 0 amide bonds. The zero-order valence-corrected chi connectivity index (χ0v) is 27.6. The summed E-state index contributed by atoms with van der Waals surface area (Å²) >= 11 is 10.7. The minimum absolute atomic E-state index is 0.768. The number of thiophene rings is 2. The van der Waals surface area contributed by atoms with Crippen LogP contribution in [0.25, 0.3) is 40.3 Å². The first-order valence-corrected chi connectivity index (χ1v) is 17.5. The minimum Gasteiger partial charge on any atom is -0.310 e. The number of hydrogen-bond acceptors (Lipinski definition) is 4. The van der Waals surface area contributed by atoms with E-state index in [9.17, 15) is 0 Å². The van der Waals surface area contributed by atoms with Crippen molar-refractivity contribution >= 4 is 109 Å². The molecule has 7 aromatic carbocycles. The monoisotopic (exact) mass is 658 g/mol. The van der Waals surface area contributed by atoms with Crippen molar-refractivity contribution in [1.29, 1.82) is 0 Å². The molecule has 0 atom stereocenters. The van der Waals surface area contributed by atoms with E-state index in [1.54, 1.807) is 11.3 Å². The molecule has 9 aromatic rings. The fourth-order valence-corrected chi connectivity index (χ4v) is 9.18. The van der Waals surface area contributed by atoms with Crippen molar-refractivity contribution in [3.05, 3.63) is 169 Å². The van der Waals surface area contributed by atoms with Gasteiger partial charge in [-0.05, 0) is 91.0 Å². The van der Waals surface area contributed by atoms with E-state index in [1.807, 2.05) is 11.3 Å². The zero-order chi connectivity index (χ0) is 31.3. The van der Waals surface area contributed by atoms with Crippen molar-refractivity contribution in [2.75, 3.05) is 9.80 Å². The van der Waals surface area contributed by atoms with Gasteiger partial charge in [0.25, 0.3) is 0 Å². The van der Waals surface area contributed by atoms with Gasteiger partial charge in [0.05, 0.1) is 5.02 Å². The first kappa shape index (κ1) is 28.1. The van der Waals surface area contributed by atoms with E-state index in [0.29, 0.717) is 0 Å². The maximum absolute atomic E-state index is 7.08. The number of rotatable bonds is 6. The Balaban J connectivity index is 1.23. The molecule has 2 heterocycles. The number of benzene rings is 7. The van der Waals surface area contributed by atoms with Crippen LogP contribution < -0.4 is 9.80 Å². The molecular weight excluding hydrogens is 632 g/mol. The van der Waals surface area contributed by atoms with Crippen LogP contribution in [-0.4, -0.2) is 0 Å². The molecule has 0 bridgehead atoms. The molecule has 0 aliphatic heterocycles. The van der Waals surface area contributed by atoms with Crippen LogP contribution in [0, 0.1) is 0 Å². The molecule has 0 N–H and O–H groups in total. The minimum atomic E-state index is 0.768. The van der Waals surface area contributed by atoms with Gasteiger partial charge >= 0.3 is 0 Å². The zero-order valence-electron chi connectivity index (χ0n) is 25.2. The molecule has 0 saturated carbocycles. The van der Waals surface area contributed by atoms with Crippen LogP contribution in [0.4, 0.5) is 34.1 Å². The Morgan fingerprint density at radius 3 is 1.34 bits per heavy atom. The van der Waals surface area contributed by atoms with Crippen molar-refractivity contribution < 1.29 is 0 Å². The van der Waals surface area contributed by atoms with Crippen molar-refractivity contribution in [3.63, 3.8) is 0 Å². The van der Waals surface area contributed by atoms with Crippen LogP contribution in [-0.2, 0) is 0 Å². The lowest BCUT2D eigenvalue weighted by Crippen LogP contribution is -2.10. The molecular formula is C42H27ClN2S2. The first-order valence-electron chi connectivity index (χ1n) is 15.5. The summed E-state index contributed by atoms with van der Waals surface area (Å²) in [5.41, 5.74) is 6.60. The summed E-state index contributed by atoms with van der Waals surface area (Å²) in [7, 11) is 0.